The number of carbonyl (C=O) groups excluding carboxylic acids is 2. The molecule has 9 heteroatoms. The third-order valence-corrected chi connectivity index (χ3v) is 13.3. The van der Waals surface area contributed by atoms with Gasteiger partial charge in [-0.3, -0.25) is 4.79 Å². The Morgan fingerprint density at radius 3 is 2.31 bits per heavy atom. The zero-order valence-corrected chi connectivity index (χ0v) is 27.5. The molecule has 0 bridgehead atoms. The van der Waals surface area contributed by atoms with Gasteiger partial charge >= 0.3 is 6.09 Å². The maximum Gasteiger partial charge on any atom is 0.416 e. The normalized spacial score (nSPS) is 18.7. The number of cyclic esters (lactones) is 1. The minimum Gasteiger partial charge on any atom is -0.497 e. The Bertz CT molecular complexity index is 1150. The standard InChI is InChI=1S/C33H49NO7Si/c1-23(30(35)24(2)31(36)34-27(22-40-32(34)37)20-25-12-10-9-11-13-25)29(41-42(7,8)33(3,4)5)18-19-39-21-26-14-16-28(38-6)17-15-26/h9-17,23-24,27,29-30,35H,18-22H2,1-8H3/t23-,24+,27+,29+,30-/m0/s1. The second-order valence-corrected chi connectivity index (χ2v) is 17.6. The molecular formula is C33H49NO7Si. The monoisotopic (exact) mass is 599 g/mol. The molecule has 1 aliphatic rings. The molecule has 1 N–H and O–H groups in total. The fourth-order valence-corrected chi connectivity index (χ4v) is 6.35. The summed E-state index contributed by atoms with van der Waals surface area (Å²) in [5.41, 5.74) is 2.05. The second kappa shape index (κ2) is 14.6. The van der Waals surface area contributed by atoms with Gasteiger partial charge < -0.3 is 23.7 Å². The van der Waals surface area contributed by atoms with E-state index in [0.717, 1.165) is 16.9 Å². The van der Waals surface area contributed by atoms with E-state index in [1.165, 1.54) is 4.90 Å². The van der Waals surface area contributed by atoms with E-state index in [4.69, 9.17) is 18.6 Å². The Labute approximate surface area is 252 Å². The van der Waals surface area contributed by atoms with E-state index in [1.807, 2.05) is 61.5 Å². The van der Waals surface area contributed by atoms with Crippen molar-refractivity contribution in [2.75, 3.05) is 20.3 Å². The highest BCUT2D eigenvalue weighted by molar-refractivity contribution is 6.74. The molecule has 2 aromatic rings. The maximum atomic E-state index is 13.6. The first-order valence-electron chi connectivity index (χ1n) is 14.9. The number of methoxy groups -OCH3 is 1. The zero-order chi connectivity index (χ0) is 31.1. The molecule has 0 radical (unpaired) electrons. The Balaban J connectivity index is 1.69. The van der Waals surface area contributed by atoms with E-state index < -0.39 is 38.4 Å². The lowest BCUT2D eigenvalue weighted by Crippen LogP contribution is -2.51. The van der Waals surface area contributed by atoms with Crippen molar-refractivity contribution in [3.05, 3.63) is 65.7 Å². The highest BCUT2D eigenvalue weighted by Crippen LogP contribution is 2.39. The first kappa shape index (κ1) is 33.8. The number of aliphatic hydroxyl groups is 1. The first-order valence-corrected chi connectivity index (χ1v) is 17.8. The lowest BCUT2D eigenvalue weighted by atomic mass is 9.87. The van der Waals surface area contributed by atoms with Crippen LogP contribution >= 0.6 is 0 Å². The van der Waals surface area contributed by atoms with Gasteiger partial charge in [0.2, 0.25) is 5.91 Å². The number of aliphatic hydroxyl groups excluding tert-OH is 1. The summed E-state index contributed by atoms with van der Waals surface area (Å²) in [5, 5.41) is 11.5. The molecule has 5 atom stereocenters. The van der Waals surface area contributed by atoms with Crippen molar-refractivity contribution < 1.29 is 33.3 Å². The van der Waals surface area contributed by atoms with Crippen molar-refractivity contribution in [1.29, 1.82) is 0 Å². The number of benzene rings is 2. The SMILES string of the molecule is COc1ccc(COCC[C@@H](O[Si](C)(C)C(C)(C)C)[C@H](C)[C@H](O)[C@@H](C)C(=O)N2C(=O)OC[C@H]2Cc2ccccc2)cc1. The van der Waals surface area contributed by atoms with Gasteiger partial charge in [-0.15, -0.1) is 0 Å². The smallest absolute Gasteiger partial charge is 0.416 e. The Hall–Kier alpha value is -2.72. The van der Waals surface area contributed by atoms with Crippen molar-refractivity contribution >= 4 is 20.3 Å². The molecule has 1 saturated heterocycles. The van der Waals surface area contributed by atoms with Gasteiger partial charge in [0.25, 0.3) is 0 Å². The number of hydrogen-bond acceptors (Lipinski definition) is 7. The minimum atomic E-state index is -2.21. The average molecular weight is 600 g/mol. The van der Waals surface area contributed by atoms with Gasteiger partial charge in [-0.1, -0.05) is 77.1 Å². The third kappa shape index (κ3) is 8.66. The molecule has 0 spiro atoms. The van der Waals surface area contributed by atoms with Crippen molar-refractivity contribution in [3.8, 4) is 5.75 Å². The molecule has 1 fully saturated rings. The largest absolute Gasteiger partial charge is 0.497 e. The summed E-state index contributed by atoms with van der Waals surface area (Å²) in [5.74, 6) is -0.843. The van der Waals surface area contributed by atoms with E-state index in [0.29, 0.717) is 26.1 Å². The predicted octanol–water partition coefficient (Wildman–Crippen LogP) is 6.22. The van der Waals surface area contributed by atoms with Crippen LogP contribution in [0.4, 0.5) is 4.79 Å². The molecular weight excluding hydrogens is 550 g/mol. The lowest BCUT2D eigenvalue weighted by molar-refractivity contribution is -0.138. The number of rotatable bonds is 14. The van der Waals surface area contributed by atoms with Crippen LogP contribution in [0.1, 0.15) is 52.2 Å². The zero-order valence-electron chi connectivity index (χ0n) is 26.5. The number of amides is 2. The molecule has 3 rings (SSSR count). The molecule has 42 heavy (non-hydrogen) atoms. The van der Waals surface area contributed by atoms with Crippen LogP contribution in [-0.2, 0) is 31.7 Å². The molecule has 0 unspecified atom stereocenters. The van der Waals surface area contributed by atoms with Crippen LogP contribution in [0.5, 0.6) is 5.75 Å². The fraction of sp³-hybridized carbons (Fsp3) is 0.576. The van der Waals surface area contributed by atoms with Crippen LogP contribution in [0.2, 0.25) is 18.1 Å². The Morgan fingerprint density at radius 1 is 1.07 bits per heavy atom. The highest BCUT2D eigenvalue weighted by atomic mass is 28.4. The van der Waals surface area contributed by atoms with Gasteiger partial charge in [0, 0.05) is 12.5 Å². The van der Waals surface area contributed by atoms with Crippen LogP contribution in [0.25, 0.3) is 0 Å². The fourth-order valence-electron chi connectivity index (χ4n) is 4.90. The highest BCUT2D eigenvalue weighted by Gasteiger charge is 2.45. The molecule has 1 heterocycles. The van der Waals surface area contributed by atoms with Gasteiger partial charge in [-0.05, 0) is 54.2 Å². The Kier molecular flexibility index (Phi) is 11.8. The molecule has 0 saturated carbocycles. The summed E-state index contributed by atoms with van der Waals surface area (Å²) in [6, 6.07) is 17.0. The number of nitrogens with zero attached hydrogens (tertiary/aromatic N) is 1. The van der Waals surface area contributed by atoms with Crippen LogP contribution in [0.15, 0.2) is 54.6 Å². The molecule has 0 aliphatic carbocycles. The van der Waals surface area contributed by atoms with E-state index in [2.05, 4.69) is 33.9 Å². The van der Waals surface area contributed by atoms with E-state index in [1.54, 1.807) is 14.0 Å². The van der Waals surface area contributed by atoms with E-state index in [9.17, 15) is 14.7 Å². The van der Waals surface area contributed by atoms with Gasteiger partial charge in [-0.2, -0.15) is 0 Å². The number of imide groups is 1. The van der Waals surface area contributed by atoms with Gasteiger partial charge in [-0.25, -0.2) is 9.69 Å². The van der Waals surface area contributed by atoms with Gasteiger partial charge in [0.1, 0.15) is 12.4 Å². The van der Waals surface area contributed by atoms with Crippen molar-refractivity contribution in [2.45, 2.75) is 90.4 Å². The predicted molar refractivity (Wildman–Crippen MR) is 166 cm³/mol. The van der Waals surface area contributed by atoms with Crippen LogP contribution in [-0.4, -0.2) is 68.9 Å². The first-order chi connectivity index (χ1) is 19.7. The lowest BCUT2D eigenvalue weighted by Gasteiger charge is -2.42. The summed E-state index contributed by atoms with van der Waals surface area (Å²) in [4.78, 5) is 27.5. The van der Waals surface area contributed by atoms with Crippen LogP contribution in [0, 0.1) is 11.8 Å². The third-order valence-electron chi connectivity index (χ3n) is 8.77. The average Bonchev–Trinajstić information content (AvgIpc) is 3.32. The minimum absolute atomic E-state index is 0.0364. The summed E-state index contributed by atoms with van der Waals surface area (Å²) >= 11 is 0. The van der Waals surface area contributed by atoms with Crippen LogP contribution < -0.4 is 4.74 Å². The summed E-state index contributed by atoms with van der Waals surface area (Å²) in [6.07, 6.45) is -0.963. The Morgan fingerprint density at radius 2 is 1.71 bits per heavy atom. The van der Waals surface area contributed by atoms with Crippen molar-refractivity contribution in [1.82, 2.24) is 4.90 Å². The number of ether oxygens (including phenoxy) is 3. The van der Waals surface area contributed by atoms with Crippen molar-refractivity contribution in [2.24, 2.45) is 11.8 Å². The van der Waals surface area contributed by atoms with Crippen molar-refractivity contribution in [3.63, 3.8) is 0 Å². The molecule has 2 aromatic carbocycles. The summed E-state index contributed by atoms with van der Waals surface area (Å²) < 4.78 is 23.3. The molecule has 0 aromatic heterocycles. The maximum absolute atomic E-state index is 13.6. The topological polar surface area (TPSA) is 94.5 Å². The molecule has 232 valence electrons. The van der Waals surface area contributed by atoms with Gasteiger partial charge in [0.15, 0.2) is 8.32 Å². The van der Waals surface area contributed by atoms with Crippen LogP contribution in [0.3, 0.4) is 0 Å². The number of carbonyl (C=O) groups is 2. The number of hydrogen-bond donors (Lipinski definition) is 1. The molecule has 2 amide bonds. The quantitative estimate of drug-likeness (QED) is 0.204. The van der Waals surface area contributed by atoms with Gasteiger partial charge in [0.05, 0.1) is 37.9 Å². The molecule has 8 nitrogen and oxygen atoms in total. The summed E-state index contributed by atoms with van der Waals surface area (Å²) in [6.45, 7) is 15.5. The van der Waals surface area contributed by atoms with E-state index >= 15 is 0 Å². The van der Waals surface area contributed by atoms with E-state index in [-0.39, 0.29) is 23.7 Å². The second-order valence-electron chi connectivity index (χ2n) is 12.9. The summed E-state index contributed by atoms with van der Waals surface area (Å²) in [7, 11) is -0.577. The molecule has 1 aliphatic heterocycles.